The van der Waals surface area contributed by atoms with E-state index in [4.69, 9.17) is 14.2 Å². The van der Waals surface area contributed by atoms with Crippen molar-refractivity contribution in [3.8, 4) is 5.75 Å². The number of carbonyl (C=O) groups excluding carboxylic acids is 2. The number of methoxy groups -OCH3 is 2. The molecule has 1 aromatic rings. The second-order valence-corrected chi connectivity index (χ2v) is 6.61. The average molecular weight is 405 g/mol. The first-order chi connectivity index (χ1) is 14.0. The van der Waals surface area contributed by atoms with E-state index in [-0.39, 0.29) is 12.6 Å². The van der Waals surface area contributed by atoms with Gasteiger partial charge in [-0.05, 0) is 37.7 Å². The molecule has 8 heteroatoms. The first-order valence-corrected chi connectivity index (χ1v) is 9.84. The van der Waals surface area contributed by atoms with Crippen LogP contribution in [-0.2, 0) is 20.9 Å². The van der Waals surface area contributed by atoms with Crippen LogP contribution in [0.1, 0.15) is 37.9 Å². The summed E-state index contributed by atoms with van der Waals surface area (Å²) in [5.41, 5.74) is 2.55. The van der Waals surface area contributed by atoms with Gasteiger partial charge in [0, 0.05) is 24.9 Å². The maximum Gasteiger partial charge on any atom is 0.338 e. The van der Waals surface area contributed by atoms with E-state index in [1.807, 2.05) is 32.0 Å². The number of hydrogen-bond donors (Lipinski definition) is 2. The number of nitrogens with one attached hydrogen (secondary N) is 2. The van der Waals surface area contributed by atoms with Crippen LogP contribution >= 0.6 is 0 Å². The van der Waals surface area contributed by atoms with Crippen molar-refractivity contribution in [1.82, 2.24) is 15.5 Å². The quantitative estimate of drug-likeness (QED) is 0.581. The Morgan fingerprint density at radius 3 is 2.48 bits per heavy atom. The van der Waals surface area contributed by atoms with Crippen molar-refractivity contribution in [3.05, 3.63) is 40.6 Å². The average Bonchev–Trinajstić information content (AvgIpc) is 2.71. The molecule has 8 nitrogen and oxygen atoms in total. The third-order valence-electron chi connectivity index (χ3n) is 4.86. The molecule has 0 saturated heterocycles. The minimum absolute atomic E-state index is 0.249. The van der Waals surface area contributed by atoms with Gasteiger partial charge in [0.1, 0.15) is 5.75 Å². The zero-order valence-electron chi connectivity index (χ0n) is 17.8. The molecule has 1 heterocycles. The summed E-state index contributed by atoms with van der Waals surface area (Å²) >= 11 is 0. The lowest BCUT2D eigenvalue weighted by molar-refractivity contribution is -0.139. The van der Waals surface area contributed by atoms with Crippen LogP contribution in [0.3, 0.4) is 0 Å². The molecule has 2 rings (SSSR count). The highest BCUT2D eigenvalue weighted by Crippen LogP contribution is 2.31. The van der Waals surface area contributed by atoms with Crippen LogP contribution in [0, 0.1) is 0 Å². The molecule has 2 N–H and O–H groups in total. The molecular formula is C21H31N3O5. The lowest BCUT2D eigenvalue weighted by atomic mass is 9.93. The van der Waals surface area contributed by atoms with E-state index >= 15 is 0 Å². The highest BCUT2D eigenvalue weighted by Gasteiger charge is 2.34. The summed E-state index contributed by atoms with van der Waals surface area (Å²) in [5, 5.41) is 5.66. The number of carbonyl (C=O) groups is 2. The van der Waals surface area contributed by atoms with Gasteiger partial charge in [-0.1, -0.05) is 19.9 Å². The lowest BCUT2D eigenvalue weighted by Gasteiger charge is -2.32. The number of urea groups is 1. The molecule has 1 aliphatic heterocycles. The topological polar surface area (TPSA) is 89.1 Å². The Hall–Kier alpha value is -2.58. The van der Waals surface area contributed by atoms with Gasteiger partial charge < -0.3 is 24.8 Å². The van der Waals surface area contributed by atoms with E-state index in [1.165, 1.54) is 0 Å². The molecule has 1 aromatic carbocycles. The van der Waals surface area contributed by atoms with Crippen molar-refractivity contribution in [2.24, 2.45) is 0 Å². The summed E-state index contributed by atoms with van der Waals surface area (Å²) in [4.78, 5) is 27.4. The zero-order chi connectivity index (χ0) is 21.4. The van der Waals surface area contributed by atoms with Crippen molar-refractivity contribution >= 4 is 12.0 Å². The van der Waals surface area contributed by atoms with Crippen molar-refractivity contribution in [1.29, 1.82) is 0 Å². The monoisotopic (exact) mass is 405 g/mol. The van der Waals surface area contributed by atoms with E-state index in [0.29, 0.717) is 30.2 Å². The molecule has 0 aromatic heterocycles. The normalized spacial score (nSPS) is 16.5. The number of hydrogen-bond acceptors (Lipinski definition) is 6. The van der Waals surface area contributed by atoms with Gasteiger partial charge in [0.15, 0.2) is 0 Å². The number of rotatable bonds is 10. The molecule has 2 amide bonds. The Morgan fingerprint density at radius 2 is 1.90 bits per heavy atom. The summed E-state index contributed by atoms with van der Waals surface area (Å²) in [6.45, 7) is 8.47. The van der Waals surface area contributed by atoms with Gasteiger partial charge in [-0.3, -0.25) is 4.90 Å². The van der Waals surface area contributed by atoms with Crippen LogP contribution in [-0.4, -0.2) is 57.4 Å². The molecular weight excluding hydrogens is 374 g/mol. The van der Waals surface area contributed by atoms with E-state index in [9.17, 15) is 9.59 Å². The van der Waals surface area contributed by atoms with Gasteiger partial charge >= 0.3 is 12.0 Å². The summed E-state index contributed by atoms with van der Waals surface area (Å²) in [7, 11) is 3.19. The third-order valence-corrected chi connectivity index (χ3v) is 4.86. The minimum atomic E-state index is -0.630. The molecule has 0 radical (unpaired) electrons. The SMILES string of the molecule is CCOC(=O)C1=C(CN(CC)CC)NC(=O)N[C@H]1c1ccc(OC)c(COC)c1. The Bertz CT molecular complexity index is 759. The number of ether oxygens (including phenoxy) is 3. The molecule has 0 spiro atoms. The highest BCUT2D eigenvalue weighted by atomic mass is 16.5. The summed E-state index contributed by atoms with van der Waals surface area (Å²) < 4.78 is 16.0. The van der Waals surface area contributed by atoms with Crippen molar-refractivity contribution < 1.29 is 23.8 Å². The highest BCUT2D eigenvalue weighted by molar-refractivity contribution is 5.95. The molecule has 29 heavy (non-hydrogen) atoms. The Balaban J connectivity index is 2.55. The van der Waals surface area contributed by atoms with Gasteiger partial charge in [0.25, 0.3) is 0 Å². The fraction of sp³-hybridized carbons (Fsp3) is 0.524. The second-order valence-electron chi connectivity index (χ2n) is 6.61. The van der Waals surface area contributed by atoms with E-state index in [2.05, 4.69) is 15.5 Å². The minimum Gasteiger partial charge on any atom is -0.496 e. The summed E-state index contributed by atoms with van der Waals surface area (Å²) in [5.74, 6) is 0.233. The Kier molecular flexibility index (Phi) is 8.48. The van der Waals surface area contributed by atoms with Crippen LogP contribution in [0.2, 0.25) is 0 Å². The van der Waals surface area contributed by atoms with Crippen LogP contribution < -0.4 is 15.4 Å². The molecule has 0 saturated carbocycles. The number of benzene rings is 1. The van der Waals surface area contributed by atoms with E-state index in [0.717, 1.165) is 24.2 Å². The smallest absolute Gasteiger partial charge is 0.338 e. The van der Waals surface area contributed by atoms with Crippen LogP contribution in [0.4, 0.5) is 4.79 Å². The predicted octanol–water partition coefficient (Wildman–Crippen LogP) is 2.35. The predicted molar refractivity (Wildman–Crippen MR) is 110 cm³/mol. The Labute approximate surface area is 172 Å². The molecule has 1 atom stereocenters. The van der Waals surface area contributed by atoms with Crippen LogP contribution in [0.25, 0.3) is 0 Å². The van der Waals surface area contributed by atoms with Crippen molar-refractivity contribution in [2.75, 3.05) is 40.5 Å². The van der Waals surface area contributed by atoms with Gasteiger partial charge in [0.2, 0.25) is 0 Å². The molecule has 0 aliphatic carbocycles. The van der Waals surface area contributed by atoms with Crippen molar-refractivity contribution in [3.63, 3.8) is 0 Å². The molecule has 1 aliphatic rings. The van der Waals surface area contributed by atoms with Crippen LogP contribution in [0.15, 0.2) is 29.5 Å². The van der Waals surface area contributed by atoms with Gasteiger partial charge in [-0.25, -0.2) is 9.59 Å². The third kappa shape index (κ3) is 5.48. The molecule has 160 valence electrons. The lowest BCUT2D eigenvalue weighted by Crippen LogP contribution is -2.48. The first kappa shape index (κ1) is 22.7. The summed E-state index contributed by atoms with van der Waals surface area (Å²) in [6.07, 6.45) is 0. The van der Waals surface area contributed by atoms with Crippen LogP contribution in [0.5, 0.6) is 5.75 Å². The first-order valence-electron chi connectivity index (χ1n) is 9.84. The van der Waals surface area contributed by atoms with E-state index in [1.54, 1.807) is 21.1 Å². The van der Waals surface area contributed by atoms with Gasteiger partial charge in [0.05, 0.1) is 31.9 Å². The number of esters is 1. The second kappa shape index (κ2) is 10.8. The van der Waals surface area contributed by atoms with Crippen molar-refractivity contribution in [2.45, 2.75) is 33.4 Å². The standard InChI is InChI=1S/C21H31N3O5/c1-6-24(7-2)12-16-18(20(25)29-8-3)19(23-21(26)22-16)14-9-10-17(28-5)15(11-14)13-27-4/h9-11,19H,6-8,12-13H2,1-5H3,(H2,22,23,26)/t19-/m0/s1. The van der Waals surface area contributed by atoms with Gasteiger partial charge in [-0.2, -0.15) is 0 Å². The van der Waals surface area contributed by atoms with E-state index < -0.39 is 12.0 Å². The summed E-state index contributed by atoms with van der Waals surface area (Å²) in [6, 6.07) is 4.55. The fourth-order valence-corrected chi connectivity index (χ4v) is 3.36. The molecule has 0 fully saturated rings. The maximum absolute atomic E-state index is 12.9. The number of nitrogens with zero attached hydrogens (tertiary/aromatic N) is 1. The Morgan fingerprint density at radius 1 is 1.17 bits per heavy atom. The number of amides is 2. The largest absolute Gasteiger partial charge is 0.496 e. The molecule has 0 unspecified atom stereocenters. The zero-order valence-corrected chi connectivity index (χ0v) is 17.8. The number of likely N-dealkylation sites (N-methyl/N-ethyl adjacent to an activating group) is 1. The fourth-order valence-electron chi connectivity index (χ4n) is 3.36. The maximum atomic E-state index is 12.9. The molecule has 0 bridgehead atoms. The van der Waals surface area contributed by atoms with Gasteiger partial charge in [-0.15, -0.1) is 0 Å².